The maximum absolute atomic E-state index is 13.6. The van der Waals surface area contributed by atoms with Crippen LogP contribution in [-0.4, -0.2) is 27.8 Å². The number of nitro benzene ring substituents is 1. The van der Waals surface area contributed by atoms with Gasteiger partial charge in [-0.2, -0.15) is 0 Å². The number of nitrogens with zero attached hydrogens (tertiary/aromatic N) is 2. The Morgan fingerprint density at radius 3 is 2.31 bits per heavy atom. The summed E-state index contributed by atoms with van der Waals surface area (Å²) in [5.41, 5.74) is 2.42. The van der Waals surface area contributed by atoms with Crippen LogP contribution in [0, 0.1) is 24.0 Å². The molecule has 0 unspecified atom stereocenters. The molecule has 0 bridgehead atoms. The van der Waals surface area contributed by atoms with E-state index in [4.69, 9.17) is 0 Å². The Labute approximate surface area is 199 Å². The van der Waals surface area contributed by atoms with Gasteiger partial charge < -0.3 is 5.11 Å². The van der Waals surface area contributed by atoms with Gasteiger partial charge in [0, 0.05) is 17.0 Å². The number of hydrogen-bond acceptors (Lipinski definition) is 5. The van der Waals surface area contributed by atoms with E-state index in [9.17, 15) is 29.6 Å². The molecule has 1 N–H and O–H groups in total. The lowest BCUT2D eigenvalue weighted by atomic mass is 9.87. The van der Waals surface area contributed by atoms with E-state index in [1.807, 2.05) is 19.9 Å². The van der Waals surface area contributed by atoms with Gasteiger partial charge in [-0.25, -0.2) is 9.69 Å². The number of nitro groups is 1. The van der Waals surface area contributed by atoms with Crippen molar-refractivity contribution in [2.75, 3.05) is 4.90 Å². The molecule has 0 atom stereocenters. The van der Waals surface area contributed by atoms with E-state index in [0.29, 0.717) is 22.0 Å². The molecule has 0 saturated heterocycles. The Morgan fingerprint density at radius 1 is 0.914 bits per heavy atom. The standard InChI is InChI=1S/C27H18N2O6/c1-14-6-3-11-21(15(14)2)28-25(30)19-10-5-9-18-23(16-7-4-8-17(12-16)27(32)33)22(29(34)35)13-20(24(18)19)26(28)31/h3-13H,1-2H3,(H,32,33). The van der Waals surface area contributed by atoms with Crippen molar-refractivity contribution < 1.29 is 24.4 Å². The number of anilines is 1. The SMILES string of the molecule is Cc1cccc(N2C(=O)c3cccc4c(-c5cccc(C(=O)O)c5)c([N+](=O)[O-])cc(c34)C2=O)c1C. The number of aromatic carboxylic acids is 1. The Morgan fingerprint density at radius 2 is 1.60 bits per heavy atom. The second-order valence-corrected chi connectivity index (χ2v) is 8.35. The normalized spacial score (nSPS) is 12.8. The molecule has 0 saturated carbocycles. The van der Waals surface area contributed by atoms with Gasteiger partial charge in [-0.15, -0.1) is 0 Å². The lowest BCUT2D eigenvalue weighted by Gasteiger charge is -2.29. The monoisotopic (exact) mass is 466 g/mol. The third kappa shape index (κ3) is 3.26. The topological polar surface area (TPSA) is 118 Å². The predicted molar refractivity (Wildman–Crippen MR) is 130 cm³/mol. The number of carbonyl (C=O) groups is 3. The van der Waals surface area contributed by atoms with Crippen LogP contribution in [-0.2, 0) is 0 Å². The zero-order valence-corrected chi connectivity index (χ0v) is 18.7. The van der Waals surface area contributed by atoms with Gasteiger partial charge in [-0.05, 0) is 60.2 Å². The van der Waals surface area contributed by atoms with E-state index in [1.54, 1.807) is 36.4 Å². The van der Waals surface area contributed by atoms with Crippen LogP contribution in [0.3, 0.4) is 0 Å². The van der Waals surface area contributed by atoms with Crippen molar-refractivity contribution in [2.45, 2.75) is 13.8 Å². The molecule has 0 aromatic heterocycles. The van der Waals surface area contributed by atoms with Crippen molar-refractivity contribution >= 4 is 39.9 Å². The fourth-order valence-electron chi connectivity index (χ4n) is 4.60. The second kappa shape index (κ2) is 7.88. The summed E-state index contributed by atoms with van der Waals surface area (Å²) >= 11 is 0. The van der Waals surface area contributed by atoms with E-state index in [0.717, 1.165) is 16.0 Å². The average Bonchev–Trinajstić information content (AvgIpc) is 2.84. The molecule has 5 rings (SSSR count). The zero-order valence-electron chi connectivity index (χ0n) is 18.7. The molecule has 0 radical (unpaired) electrons. The van der Waals surface area contributed by atoms with Gasteiger partial charge in [0.1, 0.15) is 0 Å². The second-order valence-electron chi connectivity index (χ2n) is 8.35. The number of benzene rings is 4. The summed E-state index contributed by atoms with van der Waals surface area (Å²) in [6.45, 7) is 3.68. The maximum atomic E-state index is 13.6. The number of carboxylic acid groups (broad SMARTS) is 1. The van der Waals surface area contributed by atoms with E-state index >= 15 is 0 Å². The van der Waals surface area contributed by atoms with Crippen molar-refractivity contribution in [3.05, 3.63) is 105 Å². The molecule has 0 spiro atoms. The Kier molecular flexibility index (Phi) is 4.94. The van der Waals surface area contributed by atoms with Crippen LogP contribution in [0.25, 0.3) is 21.9 Å². The van der Waals surface area contributed by atoms with Crippen LogP contribution in [0.15, 0.2) is 66.7 Å². The number of aryl methyl sites for hydroxylation is 1. The molecule has 0 aliphatic carbocycles. The molecule has 172 valence electrons. The zero-order chi connectivity index (χ0) is 25.0. The van der Waals surface area contributed by atoms with Crippen LogP contribution < -0.4 is 4.90 Å². The Balaban J connectivity index is 1.84. The van der Waals surface area contributed by atoms with E-state index in [-0.39, 0.29) is 27.9 Å². The van der Waals surface area contributed by atoms with Crippen molar-refractivity contribution in [3.63, 3.8) is 0 Å². The summed E-state index contributed by atoms with van der Waals surface area (Å²) < 4.78 is 0. The van der Waals surface area contributed by atoms with Crippen LogP contribution in [0.1, 0.15) is 42.2 Å². The van der Waals surface area contributed by atoms with Gasteiger partial charge >= 0.3 is 5.97 Å². The maximum Gasteiger partial charge on any atom is 0.335 e. The number of carboxylic acids is 1. The van der Waals surface area contributed by atoms with Gasteiger partial charge in [0.25, 0.3) is 17.5 Å². The fraction of sp³-hybridized carbons (Fsp3) is 0.0741. The first-order chi connectivity index (χ1) is 16.7. The third-order valence-electron chi connectivity index (χ3n) is 6.42. The molecule has 4 aromatic rings. The molecule has 8 heteroatoms. The Hall–Kier alpha value is -4.85. The van der Waals surface area contributed by atoms with Crippen molar-refractivity contribution in [1.29, 1.82) is 0 Å². The first-order valence-corrected chi connectivity index (χ1v) is 10.7. The van der Waals surface area contributed by atoms with Crippen LogP contribution in [0.4, 0.5) is 11.4 Å². The van der Waals surface area contributed by atoms with Crippen molar-refractivity contribution in [3.8, 4) is 11.1 Å². The lowest BCUT2D eigenvalue weighted by molar-refractivity contribution is -0.384. The minimum Gasteiger partial charge on any atom is -0.478 e. The third-order valence-corrected chi connectivity index (χ3v) is 6.42. The summed E-state index contributed by atoms with van der Waals surface area (Å²) in [5, 5.41) is 22.2. The van der Waals surface area contributed by atoms with Crippen LogP contribution in [0.5, 0.6) is 0 Å². The molecule has 0 fully saturated rings. The van der Waals surface area contributed by atoms with Gasteiger partial charge in [-0.1, -0.05) is 36.4 Å². The number of carbonyl (C=O) groups excluding carboxylic acids is 2. The highest BCUT2D eigenvalue weighted by atomic mass is 16.6. The first-order valence-electron chi connectivity index (χ1n) is 10.7. The van der Waals surface area contributed by atoms with Crippen molar-refractivity contribution in [1.82, 2.24) is 0 Å². The summed E-state index contributed by atoms with van der Waals surface area (Å²) in [7, 11) is 0. The quantitative estimate of drug-likeness (QED) is 0.240. The van der Waals surface area contributed by atoms with Crippen LogP contribution >= 0.6 is 0 Å². The van der Waals surface area contributed by atoms with E-state index in [2.05, 4.69) is 0 Å². The van der Waals surface area contributed by atoms with Crippen molar-refractivity contribution in [2.24, 2.45) is 0 Å². The van der Waals surface area contributed by atoms with Crippen LogP contribution in [0.2, 0.25) is 0 Å². The fourth-order valence-corrected chi connectivity index (χ4v) is 4.60. The van der Waals surface area contributed by atoms with Gasteiger partial charge in [-0.3, -0.25) is 19.7 Å². The van der Waals surface area contributed by atoms with Gasteiger partial charge in [0.05, 0.1) is 27.3 Å². The first kappa shape index (κ1) is 22.0. The molecule has 1 aliphatic heterocycles. The summed E-state index contributed by atoms with van der Waals surface area (Å²) in [5.74, 6) is -2.35. The number of amides is 2. The molecule has 35 heavy (non-hydrogen) atoms. The highest BCUT2D eigenvalue weighted by Crippen LogP contribution is 2.43. The van der Waals surface area contributed by atoms with Gasteiger partial charge in [0.15, 0.2) is 0 Å². The van der Waals surface area contributed by atoms with E-state index < -0.39 is 22.7 Å². The average molecular weight is 466 g/mol. The molecular weight excluding hydrogens is 448 g/mol. The smallest absolute Gasteiger partial charge is 0.335 e. The summed E-state index contributed by atoms with van der Waals surface area (Å²) in [6, 6.07) is 17.1. The van der Waals surface area contributed by atoms with E-state index in [1.165, 1.54) is 24.3 Å². The molecule has 8 nitrogen and oxygen atoms in total. The minimum atomic E-state index is -1.17. The number of hydrogen-bond donors (Lipinski definition) is 1. The largest absolute Gasteiger partial charge is 0.478 e. The number of rotatable bonds is 4. The highest BCUT2D eigenvalue weighted by Gasteiger charge is 2.37. The molecular formula is C27H18N2O6. The summed E-state index contributed by atoms with van der Waals surface area (Å²) in [4.78, 5) is 51.4. The summed E-state index contributed by atoms with van der Waals surface area (Å²) in [6.07, 6.45) is 0. The predicted octanol–water partition coefficient (Wildman–Crippen LogP) is 5.53. The molecule has 1 heterocycles. The molecule has 2 amide bonds. The minimum absolute atomic E-state index is 0.0366. The lowest BCUT2D eigenvalue weighted by Crippen LogP contribution is -2.41. The molecule has 1 aliphatic rings. The Bertz CT molecular complexity index is 1620. The number of imide groups is 1. The highest BCUT2D eigenvalue weighted by molar-refractivity contribution is 6.37. The molecule has 4 aromatic carbocycles. The van der Waals surface area contributed by atoms with Gasteiger partial charge in [0.2, 0.25) is 0 Å².